The van der Waals surface area contributed by atoms with Crippen molar-refractivity contribution in [2.24, 2.45) is 0 Å². The second-order valence-corrected chi connectivity index (χ2v) is 3.93. The first-order chi connectivity index (χ1) is 7.18. The fourth-order valence-corrected chi connectivity index (χ4v) is 1.76. The number of aromatic nitrogens is 1. The molecule has 80 valence electrons. The molecule has 0 atom stereocenters. The van der Waals surface area contributed by atoms with Gasteiger partial charge in [0.1, 0.15) is 0 Å². The van der Waals surface area contributed by atoms with Gasteiger partial charge in [0.15, 0.2) is 0 Å². The number of nitrogens with one attached hydrogen (secondary N) is 2. The molecular weight excluding hydrogens is 252 g/mol. The van der Waals surface area contributed by atoms with Crippen molar-refractivity contribution in [3.8, 4) is 0 Å². The minimum atomic E-state index is 0.587. The summed E-state index contributed by atoms with van der Waals surface area (Å²) in [7, 11) is 0. The van der Waals surface area contributed by atoms with Crippen LogP contribution in [0.3, 0.4) is 0 Å². The topological polar surface area (TPSA) is 39.6 Å². The van der Waals surface area contributed by atoms with Crippen LogP contribution in [0, 0.1) is 5.41 Å². The van der Waals surface area contributed by atoms with Gasteiger partial charge >= 0.3 is 0 Å². The molecule has 2 aromatic rings. The molecule has 1 heterocycles. The molecule has 0 aliphatic rings. The number of hydrogen-bond acceptors (Lipinski definition) is 1. The molecule has 0 aliphatic carbocycles. The van der Waals surface area contributed by atoms with E-state index in [-0.39, 0.29) is 0 Å². The molecule has 2 nitrogen and oxygen atoms in total. The average Bonchev–Trinajstić information content (AvgIpc) is 2.63. The molecule has 0 unspecified atom stereocenters. The SMILES string of the molecule is CC.CC(=N)c1c[nH]c2ccc(Br)cc12. The number of rotatable bonds is 1. The third-order valence-corrected chi connectivity index (χ3v) is 2.54. The molecule has 0 aliphatic heterocycles. The fraction of sp³-hybridized carbons (Fsp3) is 0.250. The van der Waals surface area contributed by atoms with E-state index in [0.717, 1.165) is 20.9 Å². The smallest absolute Gasteiger partial charge is 0.0461 e. The molecule has 1 aromatic carbocycles. The quantitative estimate of drug-likeness (QED) is 0.721. The first-order valence-corrected chi connectivity index (χ1v) is 5.80. The maximum atomic E-state index is 7.57. The summed E-state index contributed by atoms with van der Waals surface area (Å²) < 4.78 is 1.04. The zero-order chi connectivity index (χ0) is 11.4. The van der Waals surface area contributed by atoms with Crippen molar-refractivity contribution in [1.29, 1.82) is 5.41 Å². The van der Waals surface area contributed by atoms with Gasteiger partial charge in [-0.3, -0.25) is 0 Å². The summed E-state index contributed by atoms with van der Waals surface area (Å²) in [6.07, 6.45) is 1.87. The zero-order valence-electron chi connectivity index (χ0n) is 9.19. The van der Waals surface area contributed by atoms with Gasteiger partial charge in [-0.05, 0) is 25.1 Å². The molecule has 15 heavy (non-hydrogen) atoms. The van der Waals surface area contributed by atoms with Crippen LogP contribution in [-0.2, 0) is 0 Å². The van der Waals surface area contributed by atoms with E-state index in [1.165, 1.54) is 0 Å². The van der Waals surface area contributed by atoms with E-state index in [0.29, 0.717) is 5.71 Å². The molecule has 0 fully saturated rings. The lowest BCUT2D eigenvalue weighted by Crippen LogP contribution is -1.88. The molecule has 2 N–H and O–H groups in total. The zero-order valence-corrected chi connectivity index (χ0v) is 10.8. The molecule has 0 spiro atoms. The summed E-state index contributed by atoms with van der Waals surface area (Å²) in [5.41, 5.74) is 2.63. The van der Waals surface area contributed by atoms with Crippen molar-refractivity contribution in [1.82, 2.24) is 4.98 Å². The number of halogens is 1. The van der Waals surface area contributed by atoms with Gasteiger partial charge in [0.05, 0.1) is 0 Å². The van der Waals surface area contributed by atoms with Crippen LogP contribution in [0.15, 0.2) is 28.9 Å². The Kier molecular flexibility index (Phi) is 4.09. The number of hydrogen-bond donors (Lipinski definition) is 2. The highest BCUT2D eigenvalue weighted by molar-refractivity contribution is 9.10. The van der Waals surface area contributed by atoms with E-state index in [2.05, 4.69) is 20.9 Å². The van der Waals surface area contributed by atoms with E-state index in [4.69, 9.17) is 5.41 Å². The number of aromatic amines is 1. The Hall–Kier alpha value is -1.09. The van der Waals surface area contributed by atoms with Gasteiger partial charge in [-0.2, -0.15) is 0 Å². The van der Waals surface area contributed by atoms with Crippen molar-refractivity contribution in [2.75, 3.05) is 0 Å². The van der Waals surface area contributed by atoms with Crippen molar-refractivity contribution in [2.45, 2.75) is 20.8 Å². The molecule has 0 saturated heterocycles. The lowest BCUT2D eigenvalue weighted by atomic mass is 10.1. The fourth-order valence-electron chi connectivity index (χ4n) is 1.40. The summed E-state index contributed by atoms with van der Waals surface area (Å²) in [6, 6.07) is 6.02. The second kappa shape index (κ2) is 5.12. The van der Waals surface area contributed by atoms with Gasteiger partial charge in [-0.25, -0.2) is 0 Å². The van der Waals surface area contributed by atoms with E-state index < -0.39 is 0 Å². The Morgan fingerprint density at radius 1 is 1.33 bits per heavy atom. The van der Waals surface area contributed by atoms with Gasteiger partial charge in [0.2, 0.25) is 0 Å². The predicted octanol–water partition coefficient (Wildman–Crippen LogP) is 4.34. The Balaban J connectivity index is 0.000000531. The number of fused-ring (bicyclic) bond motifs is 1. The molecule has 0 saturated carbocycles. The van der Waals surface area contributed by atoms with Crippen molar-refractivity contribution >= 4 is 32.5 Å². The molecule has 0 amide bonds. The van der Waals surface area contributed by atoms with Crippen LogP contribution in [0.1, 0.15) is 26.3 Å². The Labute approximate surface area is 98.3 Å². The van der Waals surface area contributed by atoms with E-state index in [1.54, 1.807) is 6.92 Å². The molecule has 0 bridgehead atoms. The maximum Gasteiger partial charge on any atom is 0.0461 e. The minimum Gasteiger partial charge on any atom is -0.360 e. The summed E-state index contributed by atoms with van der Waals surface area (Å²) in [4.78, 5) is 3.14. The van der Waals surface area contributed by atoms with Crippen LogP contribution in [0.5, 0.6) is 0 Å². The molecule has 1 aromatic heterocycles. The lowest BCUT2D eigenvalue weighted by molar-refractivity contribution is 1.43. The molecule has 2 rings (SSSR count). The van der Waals surface area contributed by atoms with Crippen LogP contribution >= 0.6 is 15.9 Å². The summed E-state index contributed by atoms with van der Waals surface area (Å²) in [5.74, 6) is 0. The normalized spacial score (nSPS) is 9.60. The third-order valence-electron chi connectivity index (χ3n) is 2.05. The maximum absolute atomic E-state index is 7.57. The molecule has 3 heteroatoms. The highest BCUT2D eigenvalue weighted by Gasteiger charge is 2.04. The van der Waals surface area contributed by atoms with Crippen LogP contribution < -0.4 is 0 Å². The first kappa shape index (κ1) is 12.0. The van der Waals surface area contributed by atoms with Crippen LogP contribution in [0.25, 0.3) is 10.9 Å². The number of H-pyrrole nitrogens is 1. The largest absolute Gasteiger partial charge is 0.360 e. The van der Waals surface area contributed by atoms with Gasteiger partial charge in [0.25, 0.3) is 0 Å². The minimum absolute atomic E-state index is 0.587. The van der Waals surface area contributed by atoms with Crippen molar-refractivity contribution in [3.63, 3.8) is 0 Å². The van der Waals surface area contributed by atoms with Crippen LogP contribution in [0.2, 0.25) is 0 Å². The van der Waals surface area contributed by atoms with Crippen LogP contribution in [-0.4, -0.2) is 10.7 Å². The summed E-state index contributed by atoms with van der Waals surface area (Å²) >= 11 is 3.42. The second-order valence-electron chi connectivity index (χ2n) is 3.02. The predicted molar refractivity (Wildman–Crippen MR) is 69.8 cm³/mol. The monoisotopic (exact) mass is 266 g/mol. The third kappa shape index (κ3) is 2.48. The molecular formula is C12H15BrN2. The first-order valence-electron chi connectivity index (χ1n) is 5.00. The van der Waals surface area contributed by atoms with E-state index >= 15 is 0 Å². The Morgan fingerprint density at radius 2 is 2.00 bits per heavy atom. The van der Waals surface area contributed by atoms with Gasteiger partial charge in [0, 0.05) is 32.8 Å². The van der Waals surface area contributed by atoms with Crippen molar-refractivity contribution < 1.29 is 0 Å². The molecule has 0 radical (unpaired) electrons. The van der Waals surface area contributed by atoms with E-state index in [9.17, 15) is 0 Å². The number of benzene rings is 1. The van der Waals surface area contributed by atoms with E-state index in [1.807, 2.05) is 38.2 Å². The highest BCUT2D eigenvalue weighted by atomic mass is 79.9. The Morgan fingerprint density at radius 3 is 2.60 bits per heavy atom. The van der Waals surface area contributed by atoms with Gasteiger partial charge in [-0.15, -0.1) is 0 Å². The van der Waals surface area contributed by atoms with Crippen molar-refractivity contribution in [3.05, 3.63) is 34.4 Å². The van der Waals surface area contributed by atoms with Crippen LogP contribution in [0.4, 0.5) is 0 Å². The summed E-state index contributed by atoms with van der Waals surface area (Å²) in [5, 5.41) is 8.67. The average molecular weight is 267 g/mol. The lowest BCUT2D eigenvalue weighted by Gasteiger charge is -1.95. The van der Waals surface area contributed by atoms with Gasteiger partial charge in [-0.1, -0.05) is 29.8 Å². The standard InChI is InChI=1S/C10H9BrN2.C2H6/c1-6(12)9-5-13-10-3-2-7(11)4-8(9)10;1-2/h2-5,12-13H,1H3;1-2H3. The Bertz CT molecular complexity index is 471. The summed E-state index contributed by atoms with van der Waals surface area (Å²) in [6.45, 7) is 5.80. The van der Waals surface area contributed by atoms with Gasteiger partial charge < -0.3 is 10.4 Å². The highest BCUT2D eigenvalue weighted by Crippen LogP contribution is 2.22.